The molecular weight excluding hydrogens is 451 g/mol. The summed E-state index contributed by atoms with van der Waals surface area (Å²) in [4.78, 5) is 12.2. The zero-order valence-corrected chi connectivity index (χ0v) is 19.8. The summed E-state index contributed by atoms with van der Waals surface area (Å²) < 4.78 is 2.22. The molecule has 0 fully saturated rings. The zero-order chi connectivity index (χ0) is 23.3. The molecule has 3 nitrogen and oxygen atoms in total. The van der Waals surface area contributed by atoms with Crippen LogP contribution >= 0.6 is 23.2 Å². The van der Waals surface area contributed by atoms with Gasteiger partial charge in [-0.25, -0.2) is 0 Å². The second kappa shape index (κ2) is 8.26. The highest BCUT2D eigenvalue weighted by molar-refractivity contribution is 6.36. The van der Waals surface area contributed by atoms with Crippen molar-refractivity contribution in [3.05, 3.63) is 105 Å². The Morgan fingerprint density at radius 1 is 0.970 bits per heavy atom. The zero-order valence-electron chi connectivity index (χ0n) is 18.2. The lowest BCUT2D eigenvalue weighted by Gasteiger charge is -2.11. The number of carbonyl (C=O) groups is 1. The van der Waals surface area contributed by atoms with Crippen LogP contribution in [0.15, 0.2) is 66.7 Å². The number of aromatic nitrogens is 1. The summed E-state index contributed by atoms with van der Waals surface area (Å²) in [5.41, 5.74) is 13.5. The number of primary amides is 1. The lowest BCUT2D eigenvalue weighted by molar-refractivity contribution is 0.100. The van der Waals surface area contributed by atoms with Crippen LogP contribution < -0.4 is 5.73 Å². The fraction of sp³-hybridized carbons (Fsp3) is 0.107. The van der Waals surface area contributed by atoms with Crippen LogP contribution in [0.2, 0.25) is 10.0 Å². The summed E-state index contributed by atoms with van der Waals surface area (Å²) in [6.45, 7) is 4.85. The van der Waals surface area contributed by atoms with E-state index in [1.165, 1.54) is 16.7 Å². The van der Waals surface area contributed by atoms with Gasteiger partial charge in [0.25, 0.3) is 0 Å². The Hall–Kier alpha value is -3.27. The number of nitrogens with zero attached hydrogens (tertiary/aromatic N) is 1. The maximum Gasteiger partial charge on any atom is 0.249 e. The third kappa shape index (κ3) is 3.88. The number of aryl methyl sites for hydroxylation is 2. The van der Waals surface area contributed by atoms with Crippen molar-refractivity contribution in [2.75, 3.05) is 0 Å². The SMILES string of the molecule is Cc1cc(C)cc(Cn2c3cc(-c4ccc(Cl)cc4Cl)c[c]c3c3c(C(N)=O)cccc32)c1. The Balaban J connectivity index is 1.81. The molecule has 0 aliphatic heterocycles. The van der Waals surface area contributed by atoms with Crippen molar-refractivity contribution in [3.63, 3.8) is 0 Å². The van der Waals surface area contributed by atoms with Crippen LogP contribution in [0.25, 0.3) is 32.9 Å². The fourth-order valence-electron chi connectivity index (χ4n) is 4.65. The summed E-state index contributed by atoms with van der Waals surface area (Å²) in [7, 11) is 0. The minimum absolute atomic E-state index is 0.454. The van der Waals surface area contributed by atoms with Crippen LogP contribution in [0.5, 0.6) is 0 Å². The van der Waals surface area contributed by atoms with Crippen molar-refractivity contribution in [1.29, 1.82) is 0 Å². The van der Waals surface area contributed by atoms with Crippen molar-refractivity contribution < 1.29 is 4.79 Å². The van der Waals surface area contributed by atoms with Gasteiger partial charge < -0.3 is 10.3 Å². The molecule has 0 bridgehead atoms. The smallest absolute Gasteiger partial charge is 0.249 e. The normalized spacial score (nSPS) is 11.4. The number of rotatable bonds is 4. The molecule has 5 rings (SSSR count). The maximum absolute atomic E-state index is 12.2. The van der Waals surface area contributed by atoms with E-state index in [0.29, 0.717) is 22.2 Å². The van der Waals surface area contributed by atoms with E-state index in [-0.39, 0.29) is 0 Å². The molecule has 0 aliphatic carbocycles. The van der Waals surface area contributed by atoms with Gasteiger partial charge in [-0.3, -0.25) is 4.79 Å². The average molecular weight is 472 g/mol. The average Bonchev–Trinajstić information content (AvgIpc) is 3.06. The van der Waals surface area contributed by atoms with Crippen molar-refractivity contribution in [3.8, 4) is 11.1 Å². The summed E-state index contributed by atoms with van der Waals surface area (Å²) in [5, 5.41) is 2.84. The monoisotopic (exact) mass is 471 g/mol. The summed E-state index contributed by atoms with van der Waals surface area (Å²) >= 11 is 12.6. The van der Waals surface area contributed by atoms with Crippen molar-refractivity contribution in [2.24, 2.45) is 5.73 Å². The highest BCUT2D eigenvalue weighted by Crippen LogP contribution is 2.37. The summed E-state index contributed by atoms with van der Waals surface area (Å²) in [6.07, 6.45) is 0. The maximum atomic E-state index is 12.2. The fourth-order valence-corrected chi connectivity index (χ4v) is 5.17. The van der Waals surface area contributed by atoms with Crippen LogP contribution in [0.3, 0.4) is 0 Å². The molecule has 2 N–H and O–H groups in total. The topological polar surface area (TPSA) is 48.0 Å². The van der Waals surface area contributed by atoms with E-state index >= 15 is 0 Å². The molecule has 5 heteroatoms. The molecule has 163 valence electrons. The van der Waals surface area contributed by atoms with E-state index in [0.717, 1.165) is 32.9 Å². The number of hydrogen-bond acceptors (Lipinski definition) is 1. The van der Waals surface area contributed by atoms with E-state index in [1.54, 1.807) is 12.1 Å². The Morgan fingerprint density at radius 3 is 2.42 bits per heavy atom. The van der Waals surface area contributed by atoms with E-state index in [1.807, 2.05) is 30.3 Å². The van der Waals surface area contributed by atoms with Gasteiger partial charge in [0.1, 0.15) is 0 Å². The van der Waals surface area contributed by atoms with Gasteiger partial charge in [0, 0.05) is 38.5 Å². The summed E-state index contributed by atoms with van der Waals surface area (Å²) in [6, 6.07) is 25.1. The Kier molecular flexibility index (Phi) is 5.40. The number of halogens is 2. The van der Waals surface area contributed by atoms with Crippen LogP contribution in [0.1, 0.15) is 27.0 Å². The molecule has 1 amide bonds. The Morgan fingerprint density at radius 2 is 1.73 bits per heavy atom. The first kappa shape index (κ1) is 21.6. The van der Waals surface area contributed by atoms with Gasteiger partial charge in [-0.2, -0.15) is 0 Å². The quantitative estimate of drug-likeness (QED) is 0.292. The molecule has 4 aromatic carbocycles. The lowest BCUT2D eigenvalue weighted by Crippen LogP contribution is -2.11. The number of nitrogens with two attached hydrogens (primary N) is 1. The van der Waals surface area contributed by atoms with Gasteiger partial charge >= 0.3 is 0 Å². The van der Waals surface area contributed by atoms with Crippen molar-refractivity contribution in [2.45, 2.75) is 20.4 Å². The van der Waals surface area contributed by atoms with Gasteiger partial charge in [0.2, 0.25) is 5.91 Å². The van der Waals surface area contributed by atoms with Crippen LogP contribution in [-0.2, 0) is 6.54 Å². The first-order chi connectivity index (χ1) is 15.8. The third-order valence-corrected chi connectivity index (χ3v) is 6.47. The lowest BCUT2D eigenvalue weighted by atomic mass is 10.0. The van der Waals surface area contributed by atoms with Crippen molar-refractivity contribution in [1.82, 2.24) is 4.57 Å². The first-order valence-corrected chi connectivity index (χ1v) is 11.4. The van der Waals surface area contributed by atoms with Gasteiger partial charge in [-0.1, -0.05) is 64.7 Å². The number of fused-ring (bicyclic) bond motifs is 3. The number of benzene rings is 4. The molecule has 1 radical (unpaired) electrons. The van der Waals surface area contributed by atoms with Gasteiger partial charge in [-0.15, -0.1) is 0 Å². The molecule has 1 aromatic heterocycles. The molecule has 0 aliphatic rings. The van der Waals surface area contributed by atoms with E-state index in [2.05, 4.69) is 48.7 Å². The Labute approximate surface area is 202 Å². The highest BCUT2D eigenvalue weighted by Gasteiger charge is 2.18. The molecule has 0 saturated heterocycles. The number of amides is 1. The highest BCUT2D eigenvalue weighted by atomic mass is 35.5. The minimum Gasteiger partial charge on any atom is -0.366 e. The molecule has 0 saturated carbocycles. The number of hydrogen-bond donors (Lipinski definition) is 1. The third-order valence-electron chi connectivity index (χ3n) is 5.92. The molecular formula is C28H21Cl2N2O. The standard InChI is InChI=1S/C28H21Cl2N2O/c1-16-10-17(2)12-18(11-16)15-32-25-5-3-4-23(28(31)33)27(25)22-8-6-19(13-26(22)32)21-9-7-20(29)14-24(21)30/h3-7,9-14H,15H2,1-2H3,(H2,31,33). The Bertz CT molecular complexity index is 1550. The second-order valence-electron chi connectivity index (χ2n) is 8.42. The van der Waals surface area contributed by atoms with Gasteiger partial charge in [0.15, 0.2) is 0 Å². The first-order valence-electron chi connectivity index (χ1n) is 10.6. The van der Waals surface area contributed by atoms with E-state index < -0.39 is 5.91 Å². The van der Waals surface area contributed by atoms with Gasteiger partial charge in [0.05, 0.1) is 11.0 Å². The van der Waals surface area contributed by atoms with Crippen LogP contribution in [0, 0.1) is 19.9 Å². The summed E-state index contributed by atoms with van der Waals surface area (Å²) in [5.74, 6) is -0.454. The van der Waals surface area contributed by atoms with Gasteiger partial charge in [-0.05, 0) is 67.4 Å². The van der Waals surface area contributed by atoms with Crippen LogP contribution in [-0.4, -0.2) is 10.5 Å². The molecule has 33 heavy (non-hydrogen) atoms. The largest absolute Gasteiger partial charge is 0.366 e. The molecule has 0 unspecified atom stereocenters. The van der Waals surface area contributed by atoms with E-state index in [4.69, 9.17) is 28.9 Å². The predicted molar refractivity (Wildman–Crippen MR) is 137 cm³/mol. The van der Waals surface area contributed by atoms with Crippen LogP contribution in [0.4, 0.5) is 0 Å². The van der Waals surface area contributed by atoms with Crippen molar-refractivity contribution >= 4 is 50.9 Å². The predicted octanol–water partition coefficient (Wildman–Crippen LogP) is 7.33. The molecule has 0 spiro atoms. The molecule has 5 aromatic rings. The number of carbonyl (C=O) groups excluding carboxylic acids is 1. The van der Waals surface area contributed by atoms with E-state index in [9.17, 15) is 4.79 Å². The second-order valence-corrected chi connectivity index (χ2v) is 9.26. The molecule has 0 atom stereocenters. The minimum atomic E-state index is -0.454. The molecule has 1 heterocycles.